The van der Waals surface area contributed by atoms with Gasteiger partial charge in [0.05, 0.1) is 0 Å². The molecule has 2 amide bonds. The largest absolute Gasteiger partial charge is 0.368 e. The molecule has 0 saturated heterocycles. The Kier molecular flexibility index (Phi) is 3.09. The maximum Gasteiger partial charge on any atom is 0.240 e. The van der Waals surface area contributed by atoms with E-state index in [0.717, 1.165) is 16.5 Å². The van der Waals surface area contributed by atoms with Crippen LogP contribution >= 0.6 is 0 Å². The van der Waals surface area contributed by atoms with Crippen LogP contribution in [0, 0.1) is 0 Å². The first-order valence-corrected chi connectivity index (χ1v) is 5.26. The van der Waals surface area contributed by atoms with Crippen LogP contribution in [-0.4, -0.2) is 23.3 Å². The predicted octanol–water partition coefficient (Wildman–Crippen LogP) is 0.310. The Bertz CT molecular complexity index is 547. The molecule has 0 bridgehead atoms. The van der Waals surface area contributed by atoms with Crippen LogP contribution in [0.2, 0.25) is 0 Å². The van der Waals surface area contributed by atoms with E-state index in [1.807, 2.05) is 30.5 Å². The van der Waals surface area contributed by atoms with Gasteiger partial charge in [-0.3, -0.25) is 9.59 Å². The third kappa shape index (κ3) is 2.28. The third-order valence-electron chi connectivity index (χ3n) is 2.71. The molecule has 17 heavy (non-hydrogen) atoms. The lowest BCUT2D eigenvalue weighted by Gasteiger charge is -2.11. The maximum atomic E-state index is 11.1. The smallest absolute Gasteiger partial charge is 0.240 e. The Hall–Kier alpha value is -2.30. The van der Waals surface area contributed by atoms with Crippen LogP contribution in [-0.2, 0) is 16.0 Å². The summed E-state index contributed by atoms with van der Waals surface area (Å²) in [7, 11) is 0. The van der Waals surface area contributed by atoms with E-state index in [1.54, 1.807) is 0 Å². The lowest BCUT2D eigenvalue weighted by molar-refractivity contribution is -0.122. The van der Waals surface area contributed by atoms with Crippen molar-refractivity contribution in [3.05, 3.63) is 36.0 Å². The molecule has 2 rings (SSSR count). The Morgan fingerprint density at radius 2 is 2.24 bits per heavy atom. The Morgan fingerprint density at radius 1 is 1.47 bits per heavy atom. The van der Waals surface area contributed by atoms with Gasteiger partial charge in [-0.2, -0.15) is 0 Å². The van der Waals surface area contributed by atoms with Crippen LogP contribution in [0.1, 0.15) is 5.56 Å². The summed E-state index contributed by atoms with van der Waals surface area (Å²) in [6, 6.07) is 7.08. The van der Waals surface area contributed by atoms with Gasteiger partial charge in [0.1, 0.15) is 6.04 Å². The lowest BCUT2D eigenvalue weighted by atomic mass is 10.0. The molecule has 5 heteroatoms. The molecule has 0 radical (unpaired) electrons. The quantitative estimate of drug-likeness (QED) is 0.647. The lowest BCUT2D eigenvalue weighted by Crippen LogP contribution is -2.42. The zero-order valence-corrected chi connectivity index (χ0v) is 9.14. The number of carbonyl (C=O) groups is 2. The summed E-state index contributed by atoms with van der Waals surface area (Å²) in [6.45, 7) is 0. The highest BCUT2D eigenvalue weighted by atomic mass is 16.2. The van der Waals surface area contributed by atoms with Crippen molar-refractivity contribution in [2.24, 2.45) is 5.73 Å². The summed E-state index contributed by atoms with van der Waals surface area (Å²) in [6.07, 6.45) is 2.70. The monoisotopic (exact) mass is 231 g/mol. The predicted molar refractivity (Wildman–Crippen MR) is 64.2 cm³/mol. The number of nitrogens with one attached hydrogen (secondary N) is 2. The molecule has 0 spiro atoms. The standard InChI is InChI=1S/C12H13N3O2/c13-12(17)11(15-7-16)5-8-6-14-10-4-2-1-3-9(8)10/h1-4,6-7,11,14H,5H2,(H2,13,17)(H,15,16). The number of aromatic amines is 1. The van der Waals surface area contributed by atoms with E-state index in [4.69, 9.17) is 5.73 Å². The van der Waals surface area contributed by atoms with Crippen LogP contribution in [0.25, 0.3) is 10.9 Å². The second-order valence-electron chi connectivity index (χ2n) is 3.80. The van der Waals surface area contributed by atoms with Gasteiger partial charge in [-0.1, -0.05) is 18.2 Å². The summed E-state index contributed by atoms with van der Waals surface area (Å²) in [5.41, 5.74) is 7.17. The van der Waals surface area contributed by atoms with Gasteiger partial charge in [0.25, 0.3) is 0 Å². The molecule has 4 N–H and O–H groups in total. The highest BCUT2D eigenvalue weighted by molar-refractivity contribution is 5.86. The Morgan fingerprint density at radius 3 is 2.94 bits per heavy atom. The highest BCUT2D eigenvalue weighted by Gasteiger charge is 2.16. The molecule has 0 saturated carbocycles. The van der Waals surface area contributed by atoms with Crippen LogP contribution in [0.5, 0.6) is 0 Å². The summed E-state index contributed by atoms with van der Waals surface area (Å²) in [5, 5.41) is 3.45. The number of hydrogen-bond donors (Lipinski definition) is 3. The number of aromatic nitrogens is 1. The van der Waals surface area contributed by atoms with Crippen LogP contribution in [0.4, 0.5) is 0 Å². The Balaban J connectivity index is 2.28. The van der Waals surface area contributed by atoms with Crippen LogP contribution < -0.4 is 11.1 Å². The molecule has 2 aromatic rings. The fraction of sp³-hybridized carbons (Fsp3) is 0.167. The van der Waals surface area contributed by atoms with Crippen LogP contribution in [0.15, 0.2) is 30.5 Å². The van der Waals surface area contributed by atoms with Gasteiger partial charge in [-0.25, -0.2) is 0 Å². The van der Waals surface area contributed by atoms with Gasteiger partial charge >= 0.3 is 0 Å². The average molecular weight is 231 g/mol. The number of para-hydroxylation sites is 1. The van der Waals surface area contributed by atoms with Gasteiger partial charge < -0.3 is 16.0 Å². The number of benzene rings is 1. The van der Waals surface area contributed by atoms with Gasteiger partial charge in [-0.15, -0.1) is 0 Å². The van der Waals surface area contributed by atoms with Crippen molar-refractivity contribution >= 4 is 23.2 Å². The highest BCUT2D eigenvalue weighted by Crippen LogP contribution is 2.18. The average Bonchev–Trinajstić information content (AvgIpc) is 2.72. The minimum absolute atomic E-state index is 0.387. The first-order chi connectivity index (χ1) is 8.22. The van der Waals surface area contributed by atoms with Crippen molar-refractivity contribution in [2.45, 2.75) is 12.5 Å². The molecule has 0 aliphatic carbocycles. The third-order valence-corrected chi connectivity index (χ3v) is 2.71. The fourth-order valence-electron chi connectivity index (χ4n) is 1.84. The second-order valence-corrected chi connectivity index (χ2v) is 3.80. The molecule has 0 aliphatic rings. The number of H-pyrrole nitrogens is 1. The number of amides is 2. The number of hydrogen-bond acceptors (Lipinski definition) is 2. The minimum Gasteiger partial charge on any atom is -0.368 e. The number of rotatable bonds is 5. The molecular weight excluding hydrogens is 218 g/mol. The number of carbonyl (C=O) groups excluding carboxylic acids is 2. The summed E-state index contributed by atoms with van der Waals surface area (Å²) in [4.78, 5) is 24.6. The van der Waals surface area contributed by atoms with Gasteiger partial charge in [0.15, 0.2) is 0 Å². The first-order valence-electron chi connectivity index (χ1n) is 5.26. The van der Waals surface area contributed by atoms with Crippen molar-refractivity contribution in [1.82, 2.24) is 10.3 Å². The van der Waals surface area contributed by atoms with Crippen molar-refractivity contribution in [3.8, 4) is 0 Å². The van der Waals surface area contributed by atoms with E-state index in [1.165, 1.54) is 0 Å². The van der Waals surface area contributed by atoms with Crippen molar-refractivity contribution in [3.63, 3.8) is 0 Å². The zero-order chi connectivity index (χ0) is 12.3. The van der Waals surface area contributed by atoms with E-state index in [2.05, 4.69) is 10.3 Å². The van der Waals surface area contributed by atoms with Gasteiger partial charge in [0.2, 0.25) is 12.3 Å². The van der Waals surface area contributed by atoms with E-state index in [-0.39, 0.29) is 0 Å². The minimum atomic E-state index is -0.674. The van der Waals surface area contributed by atoms with Crippen molar-refractivity contribution in [1.29, 1.82) is 0 Å². The summed E-state index contributed by atoms with van der Waals surface area (Å²) in [5.74, 6) is -0.539. The molecule has 88 valence electrons. The van der Waals surface area contributed by atoms with E-state index in [0.29, 0.717) is 12.8 Å². The van der Waals surface area contributed by atoms with Crippen LogP contribution in [0.3, 0.4) is 0 Å². The summed E-state index contributed by atoms with van der Waals surface area (Å²) >= 11 is 0. The molecule has 1 unspecified atom stereocenters. The topological polar surface area (TPSA) is 88.0 Å². The number of primary amides is 1. The summed E-state index contributed by atoms with van der Waals surface area (Å²) < 4.78 is 0. The Labute approximate surface area is 98.0 Å². The second kappa shape index (κ2) is 4.69. The van der Waals surface area contributed by atoms with Gasteiger partial charge in [0, 0.05) is 23.5 Å². The maximum absolute atomic E-state index is 11.1. The molecule has 1 heterocycles. The van der Waals surface area contributed by atoms with Crippen molar-refractivity contribution < 1.29 is 9.59 Å². The van der Waals surface area contributed by atoms with E-state index < -0.39 is 11.9 Å². The molecule has 1 aromatic heterocycles. The van der Waals surface area contributed by atoms with E-state index in [9.17, 15) is 9.59 Å². The number of nitrogens with two attached hydrogens (primary N) is 1. The molecule has 0 fully saturated rings. The molecule has 0 aliphatic heterocycles. The van der Waals surface area contributed by atoms with Gasteiger partial charge in [-0.05, 0) is 11.6 Å². The zero-order valence-electron chi connectivity index (χ0n) is 9.14. The molecular formula is C12H13N3O2. The SMILES string of the molecule is NC(=O)C(Cc1c[nH]c2ccccc12)NC=O. The van der Waals surface area contributed by atoms with Crippen molar-refractivity contribution in [2.75, 3.05) is 0 Å². The molecule has 1 atom stereocenters. The normalized spacial score (nSPS) is 12.2. The van der Waals surface area contributed by atoms with E-state index >= 15 is 0 Å². The molecule has 5 nitrogen and oxygen atoms in total. The fourth-order valence-corrected chi connectivity index (χ4v) is 1.84. The molecule has 1 aromatic carbocycles. The number of fused-ring (bicyclic) bond motifs is 1. The first kappa shape index (κ1) is 11.2.